The maximum absolute atomic E-state index is 12.5. The topological polar surface area (TPSA) is 69.0 Å². The summed E-state index contributed by atoms with van der Waals surface area (Å²) in [7, 11) is 1.63. The summed E-state index contributed by atoms with van der Waals surface area (Å²) in [6, 6.07) is 17.8. The van der Waals surface area contributed by atoms with Gasteiger partial charge < -0.3 is 14.6 Å². The van der Waals surface area contributed by atoms with Crippen LogP contribution in [0.2, 0.25) is 0 Å². The van der Waals surface area contributed by atoms with Crippen molar-refractivity contribution in [3.63, 3.8) is 0 Å². The van der Waals surface area contributed by atoms with E-state index in [4.69, 9.17) is 4.74 Å². The van der Waals surface area contributed by atoms with E-state index in [1.165, 1.54) is 17.3 Å². The molecule has 146 valence electrons. The third-order valence-corrected chi connectivity index (χ3v) is 5.44. The molecule has 1 amide bonds. The van der Waals surface area contributed by atoms with Crippen molar-refractivity contribution in [3.8, 4) is 5.75 Å². The second kappa shape index (κ2) is 9.41. The lowest BCUT2D eigenvalue weighted by Gasteiger charge is -2.13. The van der Waals surface area contributed by atoms with Crippen LogP contribution in [0, 0.1) is 6.92 Å². The minimum Gasteiger partial charge on any atom is -0.497 e. The van der Waals surface area contributed by atoms with Crippen LogP contribution in [0.5, 0.6) is 5.75 Å². The molecule has 0 fully saturated rings. The average Bonchev–Trinajstić information content (AvgIpc) is 3.06. The van der Waals surface area contributed by atoms with E-state index in [1.807, 2.05) is 60.9 Å². The number of nitrogens with one attached hydrogen (secondary N) is 1. The van der Waals surface area contributed by atoms with Gasteiger partial charge in [0.15, 0.2) is 5.16 Å². The van der Waals surface area contributed by atoms with Gasteiger partial charge in [0.25, 0.3) is 0 Å². The fraction of sp³-hybridized carbons (Fsp3) is 0.286. The maximum Gasteiger partial charge on any atom is 0.233 e. The number of nitrogens with zero attached hydrogens (tertiary/aromatic N) is 3. The lowest BCUT2D eigenvalue weighted by Crippen LogP contribution is -2.30. The third kappa shape index (κ3) is 5.13. The van der Waals surface area contributed by atoms with E-state index >= 15 is 0 Å². The molecule has 6 nitrogen and oxygen atoms in total. The van der Waals surface area contributed by atoms with Crippen molar-refractivity contribution in [2.45, 2.75) is 37.3 Å². The Balaban J connectivity index is 1.59. The highest BCUT2D eigenvalue weighted by Crippen LogP contribution is 2.23. The van der Waals surface area contributed by atoms with Crippen molar-refractivity contribution < 1.29 is 9.53 Å². The van der Waals surface area contributed by atoms with Crippen molar-refractivity contribution >= 4 is 17.7 Å². The van der Waals surface area contributed by atoms with E-state index in [0.29, 0.717) is 13.1 Å². The maximum atomic E-state index is 12.5. The van der Waals surface area contributed by atoms with Gasteiger partial charge in [0.1, 0.15) is 11.6 Å². The van der Waals surface area contributed by atoms with E-state index in [2.05, 4.69) is 27.6 Å². The quantitative estimate of drug-likeness (QED) is 0.591. The number of hydrogen-bond acceptors (Lipinski definition) is 5. The number of thioether (sulfide) groups is 1. The first kappa shape index (κ1) is 19.9. The highest BCUT2D eigenvalue weighted by molar-refractivity contribution is 8.00. The predicted molar refractivity (Wildman–Crippen MR) is 110 cm³/mol. The van der Waals surface area contributed by atoms with Crippen LogP contribution in [0.4, 0.5) is 0 Å². The van der Waals surface area contributed by atoms with Crippen LogP contribution in [-0.4, -0.2) is 33.0 Å². The first-order chi connectivity index (χ1) is 13.6. The molecular weight excluding hydrogens is 372 g/mol. The van der Waals surface area contributed by atoms with Gasteiger partial charge in [0.05, 0.1) is 18.9 Å². The van der Waals surface area contributed by atoms with Crippen LogP contribution in [0.25, 0.3) is 0 Å². The molecule has 1 aromatic heterocycles. The molecule has 2 aromatic carbocycles. The van der Waals surface area contributed by atoms with Crippen LogP contribution in [-0.2, 0) is 17.9 Å². The number of ether oxygens (including phenoxy) is 1. The number of carbonyl (C=O) groups excluding carboxylic acids is 1. The monoisotopic (exact) mass is 396 g/mol. The van der Waals surface area contributed by atoms with E-state index in [0.717, 1.165) is 22.3 Å². The number of rotatable bonds is 8. The second-order valence-corrected chi connectivity index (χ2v) is 7.74. The summed E-state index contributed by atoms with van der Waals surface area (Å²) in [5, 5.41) is 11.9. The van der Waals surface area contributed by atoms with Crippen molar-refractivity contribution in [1.82, 2.24) is 20.1 Å². The standard InChI is InChI=1S/C21H24N4O2S/c1-15(20(26)22-13-17-9-11-19(27-3)12-10-17)28-21-24-23-16(2)25(21)14-18-7-5-4-6-8-18/h4-12,15H,13-14H2,1-3H3,(H,22,26)/t15-/m1/s1. The van der Waals surface area contributed by atoms with Crippen LogP contribution >= 0.6 is 11.8 Å². The summed E-state index contributed by atoms with van der Waals surface area (Å²) in [6.07, 6.45) is 0. The van der Waals surface area contributed by atoms with Gasteiger partial charge in [-0.05, 0) is 37.1 Å². The average molecular weight is 397 g/mol. The number of amides is 1. The molecule has 3 aromatic rings. The lowest BCUT2D eigenvalue weighted by molar-refractivity contribution is -0.120. The SMILES string of the molecule is COc1ccc(CNC(=O)[C@@H](C)Sc2nnc(C)n2Cc2ccccc2)cc1. The smallest absolute Gasteiger partial charge is 0.233 e. The Bertz CT molecular complexity index is 910. The Kier molecular flexibility index (Phi) is 6.71. The summed E-state index contributed by atoms with van der Waals surface area (Å²) in [6.45, 7) is 4.96. The highest BCUT2D eigenvalue weighted by Gasteiger charge is 2.19. The fourth-order valence-corrected chi connectivity index (χ4v) is 3.60. The molecule has 0 aliphatic rings. The normalized spacial score (nSPS) is 11.8. The Morgan fingerprint density at radius 1 is 1.11 bits per heavy atom. The van der Waals surface area contributed by atoms with Gasteiger partial charge in [-0.3, -0.25) is 4.79 Å². The Morgan fingerprint density at radius 2 is 1.82 bits per heavy atom. The zero-order valence-corrected chi connectivity index (χ0v) is 17.1. The lowest BCUT2D eigenvalue weighted by atomic mass is 10.2. The fourth-order valence-electron chi connectivity index (χ4n) is 2.68. The molecule has 0 spiro atoms. The summed E-state index contributed by atoms with van der Waals surface area (Å²) in [5.41, 5.74) is 2.19. The first-order valence-electron chi connectivity index (χ1n) is 9.08. The van der Waals surface area contributed by atoms with Gasteiger partial charge in [-0.15, -0.1) is 10.2 Å². The summed E-state index contributed by atoms with van der Waals surface area (Å²) in [4.78, 5) is 12.5. The van der Waals surface area contributed by atoms with Crippen LogP contribution in [0.1, 0.15) is 23.9 Å². The molecule has 28 heavy (non-hydrogen) atoms. The van der Waals surface area contributed by atoms with Gasteiger partial charge in [-0.1, -0.05) is 54.2 Å². The molecule has 0 saturated heterocycles. The number of aryl methyl sites for hydroxylation is 1. The minimum atomic E-state index is -0.281. The largest absolute Gasteiger partial charge is 0.497 e. The van der Waals surface area contributed by atoms with Gasteiger partial charge in [0, 0.05) is 6.54 Å². The zero-order valence-electron chi connectivity index (χ0n) is 16.3. The Morgan fingerprint density at radius 3 is 2.50 bits per heavy atom. The van der Waals surface area contributed by atoms with E-state index in [9.17, 15) is 4.79 Å². The van der Waals surface area contributed by atoms with Crippen molar-refractivity contribution in [2.75, 3.05) is 7.11 Å². The van der Waals surface area contributed by atoms with E-state index in [-0.39, 0.29) is 11.2 Å². The number of benzene rings is 2. The van der Waals surface area contributed by atoms with Gasteiger partial charge >= 0.3 is 0 Å². The molecule has 0 unspecified atom stereocenters. The minimum absolute atomic E-state index is 0.0345. The molecular formula is C21H24N4O2S. The first-order valence-corrected chi connectivity index (χ1v) is 9.96. The number of carbonyl (C=O) groups is 1. The molecule has 7 heteroatoms. The predicted octanol–water partition coefficient (Wildman–Crippen LogP) is 3.44. The molecule has 0 aliphatic carbocycles. The van der Waals surface area contributed by atoms with E-state index < -0.39 is 0 Å². The zero-order chi connectivity index (χ0) is 19.9. The number of aromatic nitrogens is 3. The highest BCUT2D eigenvalue weighted by atomic mass is 32.2. The summed E-state index contributed by atoms with van der Waals surface area (Å²) in [5.74, 6) is 1.59. The molecule has 0 saturated carbocycles. The van der Waals surface area contributed by atoms with Crippen LogP contribution in [0.3, 0.4) is 0 Å². The molecule has 1 N–H and O–H groups in total. The van der Waals surface area contributed by atoms with Crippen LogP contribution < -0.4 is 10.1 Å². The molecule has 0 radical (unpaired) electrons. The summed E-state index contributed by atoms with van der Waals surface area (Å²) < 4.78 is 7.18. The van der Waals surface area contributed by atoms with Crippen LogP contribution in [0.15, 0.2) is 59.8 Å². The Labute approximate surface area is 169 Å². The third-order valence-electron chi connectivity index (χ3n) is 4.36. The Hall–Kier alpha value is -2.80. The van der Waals surface area contributed by atoms with Gasteiger partial charge in [-0.25, -0.2) is 0 Å². The second-order valence-electron chi connectivity index (χ2n) is 6.43. The van der Waals surface area contributed by atoms with Crippen molar-refractivity contribution in [3.05, 3.63) is 71.5 Å². The molecule has 0 bridgehead atoms. The van der Waals surface area contributed by atoms with Gasteiger partial charge in [0.2, 0.25) is 5.91 Å². The van der Waals surface area contributed by atoms with Crippen molar-refractivity contribution in [1.29, 1.82) is 0 Å². The van der Waals surface area contributed by atoms with E-state index in [1.54, 1.807) is 7.11 Å². The molecule has 1 heterocycles. The van der Waals surface area contributed by atoms with Crippen molar-refractivity contribution in [2.24, 2.45) is 0 Å². The molecule has 1 atom stereocenters. The number of hydrogen-bond donors (Lipinski definition) is 1. The summed E-state index contributed by atoms with van der Waals surface area (Å²) >= 11 is 1.42. The molecule has 0 aliphatic heterocycles. The number of methoxy groups -OCH3 is 1. The molecule has 3 rings (SSSR count). The van der Waals surface area contributed by atoms with Gasteiger partial charge in [-0.2, -0.15) is 0 Å².